The van der Waals surface area contributed by atoms with Crippen molar-refractivity contribution in [1.82, 2.24) is 9.38 Å². The first kappa shape index (κ1) is 9.85. The molecule has 0 aliphatic heterocycles. The maximum Gasteiger partial charge on any atom is 0.356 e. The van der Waals surface area contributed by atoms with Crippen LogP contribution in [-0.2, 0) is 5.41 Å². The molecule has 0 unspecified atom stereocenters. The molecule has 0 amide bonds. The third-order valence-corrected chi connectivity index (χ3v) is 3.14. The highest BCUT2D eigenvalue weighted by atomic mass is 16.4. The van der Waals surface area contributed by atoms with E-state index in [1.165, 1.54) is 0 Å². The van der Waals surface area contributed by atoms with E-state index >= 15 is 0 Å². The van der Waals surface area contributed by atoms with Crippen LogP contribution in [0.25, 0.3) is 5.52 Å². The Hall–Kier alpha value is -2.35. The van der Waals surface area contributed by atoms with Crippen LogP contribution >= 0.6 is 0 Å². The average molecular weight is 227 g/mol. The first-order chi connectivity index (χ1) is 8.18. The molecule has 1 N–H and O–H groups in total. The predicted octanol–water partition coefficient (Wildman–Crippen LogP) is 1.59. The summed E-state index contributed by atoms with van der Waals surface area (Å²) in [5, 5.41) is 18.3. The Morgan fingerprint density at radius 1 is 1.53 bits per heavy atom. The number of carboxylic acid groups (broad SMARTS) is 1. The second kappa shape index (κ2) is 3.08. The summed E-state index contributed by atoms with van der Waals surface area (Å²) in [5.41, 5.74) is -0.0310. The number of fused-ring (bicyclic) bond motifs is 1. The summed E-state index contributed by atoms with van der Waals surface area (Å²) in [5.74, 6) is -0.512. The molecule has 2 aromatic heterocycles. The van der Waals surface area contributed by atoms with Gasteiger partial charge < -0.3 is 9.51 Å². The minimum atomic E-state index is -1.06. The molecule has 0 atom stereocenters. The molecule has 17 heavy (non-hydrogen) atoms. The molecule has 2 aromatic rings. The van der Waals surface area contributed by atoms with Crippen LogP contribution in [0.4, 0.5) is 0 Å². The van der Waals surface area contributed by atoms with E-state index in [1.54, 1.807) is 28.8 Å². The number of imidazole rings is 1. The van der Waals surface area contributed by atoms with Crippen LogP contribution in [0, 0.1) is 11.3 Å². The zero-order valence-electron chi connectivity index (χ0n) is 8.92. The molecular formula is C12H9N3O2. The third kappa shape index (κ3) is 1.24. The van der Waals surface area contributed by atoms with Crippen molar-refractivity contribution in [3.05, 3.63) is 35.9 Å². The normalized spacial score (nSPS) is 16.6. The zero-order valence-corrected chi connectivity index (χ0v) is 8.92. The van der Waals surface area contributed by atoms with Gasteiger partial charge in [0.1, 0.15) is 11.2 Å². The van der Waals surface area contributed by atoms with Crippen molar-refractivity contribution in [1.29, 1.82) is 5.26 Å². The van der Waals surface area contributed by atoms with E-state index in [0.29, 0.717) is 11.3 Å². The molecule has 0 aromatic carbocycles. The van der Waals surface area contributed by atoms with Gasteiger partial charge in [-0.15, -0.1) is 0 Å². The highest BCUT2D eigenvalue weighted by Crippen LogP contribution is 2.47. The average Bonchev–Trinajstić information content (AvgIpc) is 3.03. The Labute approximate surface area is 96.9 Å². The molecule has 84 valence electrons. The van der Waals surface area contributed by atoms with Gasteiger partial charge in [-0.2, -0.15) is 5.26 Å². The van der Waals surface area contributed by atoms with E-state index in [-0.39, 0.29) is 5.69 Å². The van der Waals surface area contributed by atoms with Crippen molar-refractivity contribution in [3.63, 3.8) is 0 Å². The molecule has 0 saturated heterocycles. The largest absolute Gasteiger partial charge is 0.476 e. The molecule has 1 aliphatic rings. The number of pyridine rings is 1. The number of hydrogen-bond donors (Lipinski definition) is 1. The van der Waals surface area contributed by atoms with Gasteiger partial charge in [-0.25, -0.2) is 9.78 Å². The highest BCUT2D eigenvalue weighted by Gasteiger charge is 2.49. The van der Waals surface area contributed by atoms with Crippen LogP contribution in [0.15, 0.2) is 24.4 Å². The Balaban J connectivity index is 2.34. The van der Waals surface area contributed by atoms with Gasteiger partial charge in [0.05, 0.1) is 11.6 Å². The van der Waals surface area contributed by atoms with E-state index < -0.39 is 11.4 Å². The Bertz CT molecular complexity index is 662. The Morgan fingerprint density at radius 2 is 2.29 bits per heavy atom. The fourth-order valence-corrected chi connectivity index (χ4v) is 2.04. The number of aromatic nitrogens is 2. The van der Waals surface area contributed by atoms with Crippen LogP contribution in [0.1, 0.15) is 29.2 Å². The first-order valence-electron chi connectivity index (χ1n) is 5.30. The number of carboxylic acids is 1. The van der Waals surface area contributed by atoms with Gasteiger partial charge in [0.15, 0.2) is 5.69 Å². The molecule has 1 saturated carbocycles. The maximum atomic E-state index is 11.1. The van der Waals surface area contributed by atoms with E-state index in [1.807, 2.05) is 0 Å². The lowest BCUT2D eigenvalue weighted by Gasteiger charge is -2.03. The number of aromatic carboxylic acids is 1. The van der Waals surface area contributed by atoms with Crippen molar-refractivity contribution in [2.24, 2.45) is 0 Å². The van der Waals surface area contributed by atoms with E-state index in [0.717, 1.165) is 12.8 Å². The van der Waals surface area contributed by atoms with Crippen molar-refractivity contribution >= 4 is 11.5 Å². The quantitative estimate of drug-likeness (QED) is 0.844. The summed E-state index contributed by atoms with van der Waals surface area (Å²) < 4.78 is 1.71. The van der Waals surface area contributed by atoms with E-state index in [2.05, 4.69) is 11.1 Å². The molecule has 0 radical (unpaired) electrons. The topological polar surface area (TPSA) is 78.4 Å². The predicted molar refractivity (Wildman–Crippen MR) is 58.7 cm³/mol. The summed E-state index contributed by atoms with van der Waals surface area (Å²) in [7, 11) is 0. The van der Waals surface area contributed by atoms with Gasteiger partial charge in [0, 0.05) is 6.20 Å². The van der Waals surface area contributed by atoms with Crippen molar-refractivity contribution in [3.8, 4) is 6.07 Å². The van der Waals surface area contributed by atoms with Crippen molar-refractivity contribution in [2.45, 2.75) is 18.3 Å². The van der Waals surface area contributed by atoms with Crippen LogP contribution in [0.5, 0.6) is 0 Å². The number of nitrogens with zero attached hydrogens (tertiary/aromatic N) is 3. The minimum Gasteiger partial charge on any atom is -0.476 e. The fraction of sp³-hybridized carbons (Fsp3) is 0.250. The van der Waals surface area contributed by atoms with Gasteiger partial charge in [-0.05, 0) is 25.0 Å². The SMILES string of the molecule is N#CC1(c2nc(C(=O)O)c3ccccn23)CC1. The standard InChI is InChI=1S/C12H9N3O2/c13-7-12(4-5-12)11-14-9(10(16)17)8-3-1-2-6-15(8)11/h1-3,6H,4-5H2,(H,16,17). The van der Waals surface area contributed by atoms with Gasteiger partial charge in [0.2, 0.25) is 0 Å². The van der Waals surface area contributed by atoms with Crippen LogP contribution in [-0.4, -0.2) is 20.5 Å². The van der Waals surface area contributed by atoms with Gasteiger partial charge in [0.25, 0.3) is 0 Å². The molecule has 0 spiro atoms. The lowest BCUT2D eigenvalue weighted by Crippen LogP contribution is -2.08. The van der Waals surface area contributed by atoms with Crippen LogP contribution in [0.3, 0.4) is 0 Å². The summed E-state index contributed by atoms with van der Waals surface area (Å²) in [6.07, 6.45) is 3.24. The van der Waals surface area contributed by atoms with E-state index in [9.17, 15) is 4.79 Å². The molecule has 5 heteroatoms. The van der Waals surface area contributed by atoms with Crippen LogP contribution in [0.2, 0.25) is 0 Å². The molecule has 1 fully saturated rings. The molecule has 2 heterocycles. The Morgan fingerprint density at radius 3 is 2.88 bits per heavy atom. The number of hydrogen-bond acceptors (Lipinski definition) is 3. The molecule has 0 bridgehead atoms. The Kier molecular flexibility index (Phi) is 1.78. The van der Waals surface area contributed by atoms with Crippen molar-refractivity contribution in [2.75, 3.05) is 0 Å². The lowest BCUT2D eigenvalue weighted by atomic mass is 10.1. The number of nitriles is 1. The number of carbonyl (C=O) groups is 1. The fourth-order valence-electron chi connectivity index (χ4n) is 2.04. The van der Waals surface area contributed by atoms with Crippen molar-refractivity contribution < 1.29 is 9.90 Å². The molecule has 3 rings (SSSR count). The molecular weight excluding hydrogens is 218 g/mol. The monoisotopic (exact) mass is 227 g/mol. The first-order valence-corrected chi connectivity index (χ1v) is 5.30. The van der Waals surface area contributed by atoms with Gasteiger partial charge in [-0.3, -0.25) is 0 Å². The molecule has 1 aliphatic carbocycles. The van der Waals surface area contributed by atoms with Crippen LogP contribution < -0.4 is 0 Å². The summed E-state index contributed by atoms with van der Waals surface area (Å²) in [6, 6.07) is 7.50. The lowest BCUT2D eigenvalue weighted by molar-refractivity contribution is 0.0693. The second-order valence-corrected chi connectivity index (χ2v) is 4.24. The smallest absolute Gasteiger partial charge is 0.356 e. The summed E-state index contributed by atoms with van der Waals surface area (Å²) >= 11 is 0. The van der Waals surface area contributed by atoms with E-state index in [4.69, 9.17) is 10.4 Å². The zero-order chi connectivity index (χ0) is 12.0. The maximum absolute atomic E-state index is 11.1. The van der Waals surface area contributed by atoms with Gasteiger partial charge >= 0.3 is 5.97 Å². The number of rotatable bonds is 2. The summed E-state index contributed by atoms with van der Waals surface area (Å²) in [6.45, 7) is 0. The summed E-state index contributed by atoms with van der Waals surface area (Å²) in [4.78, 5) is 15.2. The molecule has 5 nitrogen and oxygen atoms in total. The van der Waals surface area contributed by atoms with Gasteiger partial charge in [-0.1, -0.05) is 6.07 Å². The second-order valence-electron chi connectivity index (χ2n) is 4.24. The highest BCUT2D eigenvalue weighted by molar-refractivity contribution is 5.93. The minimum absolute atomic E-state index is 0.0159. The third-order valence-electron chi connectivity index (χ3n) is 3.14.